The van der Waals surface area contributed by atoms with Gasteiger partial charge in [0.15, 0.2) is 12.4 Å². The van der Waals surface area contributed by atoms with E-state index < -0.39 is 67.4 Å². The highest BCUT2D eigenvalue weighted by Crippen LogP contribution is 2.26. The van der Waals surface area contributed by atoms with E-state index in [-0.39, 0.29) is 19.4 Å². The molecule has 0 spiro atoms. The smallest absolute Gasteiger partial charge is 0.306 e. The summed E-state index contributed by atoms with van der Waals surface area (Å²) >= 11 is 0. The summed E-state index contributed by atoms with van der Waals surface area (Å²) in [7, 11) is 0. The maximum absolute atomic E-state index is 13.5. The van der Waals surface area contributed by atoms with Gasteiger partial charge in [0, 0.05) is 6.42 Å². The molecule has 8 unspecified atom stereocenters. The van der Waals surface area contributed by atoms with Gasteiger partial charge in [-0.15, -0.1) is 0 Å². The zero-order valence-corrected chi connectivity index (χ0v) is 59.4. The highest BCUT2D eigenvalue weighted by atomic mass is 16.7. The molecule has 0 aromatic rings. The molecule has 0 saturated carbocycles. The summed E-state index contributed by atoms with van der Waals surface area (Å²) in [4.78, 5) is 26.7. The van der Waals surface area contributed by atoms with Crippen LogP contribution in [0.15, 0.2) is 97.2 Å². The van der Waals surface area contributed by atoms with Crippen molar-refractivity contribution in [3.05, 3.63) is 97.2 Å². The number of carbonyl (C=O) groups is 2. The quantitative estimate of drug-likeness (QED) is 0.0195. The fourth-order valence-corrected chi connectivity index (χ4v) is 11.7. The number of ether oxygens (including phenoxy) is 3. The van der Waals surface area contributed by atoms with Crippen molar-refractivity contribution >= 4 is 11.9 Å². The molecule has 11 heteroatoms. The van der Waals surface area contributed by atoms with Crippen LogP contribution in [0.5, 0.6) is 0 Å². The number of amides is 1. The number of nitrogens with one attached hydrogen (secondary N) is 1. The third-order valence-electron chi connectivity index (χ3n) is 17.7. The van der Waals surface area contributed by atoms with Crippen molar-refractivity contribution < 1.29 is 49.3 Å². The van der Waals surface area contributed by atoms with Crippen LogP contribution >= 0.6 is 0 Å². The summed E-state index contributed by atoms with van der Waals surface area (Å²) in [5, 5.41) is 57.4. The molecular formula is C81H143NO10. The lowest BCUT2D eigenvalue weighted by atomic mass is 9.99. The summed E-state index contributed by atoms with van der Waals surface area (Å²) in [5.74, 6) is -1.20. The first-order chi connectivity index (χ1) is 45.2. The molecule has 8 atom stereocenters. The average Bonchev–Trinajstić information content (AvgIpc) is 0.875. The van der Waals surface area contributed by atoms with Crippen LogP contribution in [0.1, 0.15) is 342 Å². The number of esters is 1. The number of carbonyl (C=O) groups excluding carboxylic acids is 2. The van der Waals surface area contributed by atoms with Gasteiger partial charge in [-0.25, -0.2) is 0 Å². The number of allylic oxidation sites excluding steroid dienone is 15. The van der Waals surface area contributed by atoms with E-state index in [9.17, 15) is 35.1 Å². The van der Waals surface area contributed by atoms with Crippen LogP contribution in [0.25, 0.3) is 0 Å². The van der Waals surface area contributed by atoms with E-state index in [1.54, 1.807) is 6.08 Å². The van der Waals surface area contributed by atoms with E-state index >= 15 is 0 Å². The Morgan fingerprint density at radius 1 is 0.435 bits per heavy atom. The average molecular weight is 1290 g/mol. The highest BCUT2D eigenvalue weighted by molar-refractivity contribution is 5.80. The SMILES string of the molecule is CC/C=C\C/C=C\C/C=C\C/C=C\C/C=C\C/C=C\CCCCCCCCC(=O)OC1C(OCC(NC(=O)C(O)CCCCCCCCCCCCCCCCCC/C=C/CCCCCCCC)C(O)/C=C/CCCCCCCCCCCC)OC(CO)C(O)C1O. The Kier molecular flexibility index (Phi) is 63.6. The van der Waals surface area contributed by atoms with E-state index in [1.807, 2.05) is 6.08 Å². The number of unbranched alkanes of at least 4 members (excludes halogenated alkanes) is 38. The van der Waals surface area contributed by atoms with E-state index in [0.717, 1.165) is 116 Å². The molecule has 0 aromatic carbocycles. The largest absolute Gasteiger partial charge is 0.454 e. The number of aliphatic hydroxyl groups is 5. The number of rotatable bonds is 66. The maximum atomic E-state index is 13.5. The fourth-order valence-electron chi connectivity index (χ4n) is 11.7. The lowest BCUT2D eigenvalue weighted by molar-refractivity contribution is -0.305. The fraction of sp³-hybridized carbons (Fsp3) is 0.778. The van der Waals surface area contributed by atoms with Crippen molar-refractivity contribution in [2.75, 3.05) is 13.2 Å². The first kappa shape index (κ1) is 86.6. The second kappa shape index (κ2) is 67.6. The minimum atomic E-state index is -1.63. The molecule has 0 bridgehead atoms. The summed E-state index contributed by atoms with van der Waals surface area (Å²) in [6.45, 7) is 5.71. The molecule has 1 amide bonds. The van der Waals surface area contributed by atoms with Gasteiger partial charge in [-0.2, -0.15) is 0 Å². The molecule has 1 rings (SSSR count). The number of hydrogen-bond donors (Lipinski definition) is 6. The molecule has 532 valence electrons. The van der Waals surface area contributed by atoms with Gasteiger partial charge in [0.25, 0.3) is 0 Å². The molecule has 0 aliphatic carbocycles. The predicted molar refractivity (Wildman–Crippen MR) is 389 cm³/mol. The summed E-state index contributed by atoms with van der Waals surface area (Å²) < 4.78 is 17.7. The molecule has 1 saturated heterocycles. The first-order valence-electron chi connectivity index (χ1n) is 38.5. The van der Waals surface area contributed by atoms with Crippen molar-refractivity contribution in [2.24, 2.45) is 0 Å². The van der Waals surface area contributed by atoms with Crippen LogP contribution < -0.4 is 5.32 Å². The molecule has 1 aliphatic rings. The van der Waals surface area contributed by atoms with Gasteiger partial charge < -0.3 is 45.1 Å². The van der Waals surface area contributed by atoms with Crippen LogP contribution in [-0.4, -0.2) is 99.6 Å². The summed E-state index contributed by atoms with van der Waals surface area (Å²) in [6.07, 6.45) is 81.7. The lowest BCUT2D eigenvalue weighted by Gasteiger charge is -2.41. The van der Waals surface area contributed by atoms with Crippen LogP contribution in [0.2, 0.25) is 0 Å². The minimum absolute atomic E-state index is 0.103. The van der Waals surface area contributed by atoms with Gasteiger partial charge in [-0.05, 0) is 103 Å². The van der Waals surface area contributed by atoms with Crippen LogP contribution in [-0.2, 0) is 23.8 Å². The van der Waals surface area contributed by atoms with Crippen molar-refractivity contribution in [3.8, 4) is 0 Å². The van der Waals surface area contributed by atoms with Crippen LogP contribution in [0.3, 0.4) is 0 Å². The normalized spacial score (nSPS) is 18.5. The molecule has 0 radical (unpaired) electrons. The monoisotopic (exact) mass is 1290 g/mol. The lowest BCUT2D eigenvalue weighted by Crippen LogP contribution is -2.61. The van der Waals surface area contributed by atoms with Crippen LogP contribution in [0, 0.1) is 0 Å². The summed E-state index contributed by atoms with van der Waals surface area (Å²) in [6, 6.07) is -1.03. The Bertz CT molecular complexity index is 1870. The number of hydrogen-bond acceptors (Lipinski definition) is 10. The van der Waals surface area contributed by atoms with Gasteiger partial charge in [0.2, 0.25) is 5.91 Å². The molecule has 1 heterocycles. The van der Waals surface area contributed by atoms with Gasteiger partial charge >= 0.3 is 5.97 Å². The molecule has 1 aliphatic heterocycles. The third kappa shape index (κ3) is 53.8. The molecule has 11 nitrogen and oxygen atoms in total. The molecule has 0 aromatic heterocycles. The first-order valence-corrected chi connectivity index (χ1v) is 38.5. The predicted octanol–water partition coefficient (Wildman–Crippen LogP) is 20.6. The van der Waals surface area contributed by atoms with Crippen molar-refractivity contribution in [2.45, 2.75) is 391 Å². The molecule has 92 heavy (non-hydrogen) atoms. The Hall–Kier alpha value is -3.42. The van der Waals surface area contributed by atoms with Crippen molar-refractivity contribution in [1.29, 1.82) is 0 Å². The standard InChI is InChI=1S/C81H143NO10/c1-4-7-10-13-16-19-22-25-27-29-31-33-35-37-39-40-42-44-46-48-50-53-56-59-62-65-68-74(85)80(89)82-72(73(84)67-64-61-58-55-52-24-21-18-15-12-9-6-3)71-90-81-79(78(88)77(87)75(70-83)91-81)92-76(86)69-66-63-60-57-54-51-49-47-45-43-41-38-36-34-32-30-28-26-23-20-17-14-11-8-5-2/h8,11,17,20,25-28,32,34,38,41,45,47,64,67,72-75,77-79,81,83-85,87-88H,4-7,9-10,12-16,18-19,21-24,29-31,33,35-37,39-40,42-44,46,48-63,65-66,68-71H2,1-3H3,(H,82,89)/b11-8-,20-17-,27-25+,28-26-,34-32-,41-38-,47-45-,67-64+. The third-order valence-corrected chi connectivity index (χ3v) is 17.7. The van der Waals surface area contributed by atoms with Gasteiger partial charge in [0.05, 0.1) is 25.4 Å². The molecule has 1 fully saturated rings. The summed E-state index contributed by atoms with van der Waals surface area (Å²) in [5.41, 5.74) is 0. The number of aliphatic hydroxyl groups excluding tert-OH is 5. The highest BCUT2D eigenvalue weighted by Gasteiger charge is 2.47. The Morgan fingerprint density at radius 2 is 0.783 bits per heavy atom. The molecule has 6 N–H and O–H groups in total. The zero-order chi connectivity index (χ0) is 66.7. The van der Waals surface area contributed by atoms with E-state index in [2.05, 4.69) is 111 Å². The second-order valence-corrected chi connectivity index (χ2v) is 26.4. The maximum Gasteiger partial charge on any atom is 0.306 e. The zero-order valence-electron chi connectivity index (χ0n) is 59.4. The van der Waals surface area contributed by atoms with Crippen LogP contribution in [0.4, 0.5) is 0 Å². The van der Waals surface area contributed by atoms with Gasteiger partial charge in [-0.3, -0.25) is 9.59 Å². The Balaban J connectivity index is 2.53. The van der Waals surface area contributed by atoms with E-state index in [4.69, 9.17) is 14.2 Å². The Morgan fingerprint density at radius 3 is 1.18 bits per heavy atom. The van der Waals surface area contributed by atoms with Crippen molar-refractivity contribution in [1.82, 2.24) is 5.32 Å². The topological polar surface area (TPSA) is 175 Å². The van der Waals surface area contributed by atoms with Crippen molar-refractivity contribution in [3.63, 3.8) is 0 Å². The molecular weight excluding hydrogens is 1150 g/mol. The minimum Gasteiger partial charge on any atom is -0.454 e. The van der Waals surface area contributed by atoms with Gasteiger partial charge in [0.1, 0.15) is 24.4 Å². The van der Waals surface area contributed by atoms with Gasteiger partial charge in [-0.1, -0.05) is 330 Å². The Labute approximate surface area is 565 Å². The second-order valence-electron chi connectivity index (χ2n) is 26.4. The van der Waals surface area contributed by atoms with E-state index in [1.165, 1.54) is 180 Å². The van der Waals surface area contributed by atoms with E-state index in [0.29, 0.717) is 12.8 Å².